The van der Waals surface area contributed by atoms with Crippen molar-refractivity contribution in [1.29, 1.82) is 0 Å². The van der Waals surface area contributed by atoms with Crippen molar-refractivity contribution in [2.75, 3.05) is 18.1 Å². The van der Waals surface area contributed by atoms with E-state index < -0.39 is 5.60 Å². The van der Waals surface area contributed by atoms with Gasteiger partial charge in [-0.15, -0.1) is 0 Å². The van der Waals surface area contributed by atoms with E-state index in [-0.39, 0.29) is 12.4 Å². The maximum Gasteiger partial charge on any atom is 0.309 e. The van der Waals surface area contributed by atoms with Crippen molar-refractivity contribution in [3.8, 4) is 0 Å². The largest absolute Gasteiger partial charge is 0.465 e. The van der Waals surface area contributed by atoms with Gasteiger partial charge in [-0.25, -0.2) is 0 Å². The Bertz CT molecular complexity index is 366. The Hall–Kier alpha value is -1.00. The van der Waals surface area contributed by atoms with Crippen molar-refractivity contribution in [3.63, 3.8) is 0 Å². The van der Waals surface area contributed by atoms with Crippen LogP contribution in [0.25, 0.3) is 0 Å². The van der Waals surface area contributed by atoms with E-state index in [9.17, 15) is 9.90 Å². The molecule has 4 heteroatoms. The molecule has 1 aromatic carbocycles. The number of aliphatic hydroxyl groups is 1. The molecule has 1 N–H and O–H groups in total. The quantitative estimate of drug-likeness (QED) is 0.754. The molecule has 1 atom stereocenters. The molecule has 0 spiro atoms. The number of esters is 1. The Morgan fingerprint density at radius 2 is 2.06 bits per heavy atom. The van der Waals surface area contributed by atoms with Gasteiger partial charge < -0.3 is 9.84 Å². The second kappa shape index (κ2) is 4.89. The molecule has 86 valence electrons. The van der Waals surface area contributed by atoms with Crippen molar-refractivity contribution < 1.29 is 14.6 Å². The third kappa shape index (κ3) is 2.57. The van der Waals surface area contributed by atoms with Gasteiger partial charge in [-0.1, -0.05) is 30.3 Å². The smallest absolute Gasteiger partial charge is 0.309 e. The summed E-state index contributed by atoms with van der Waals surface area (Å²) >= 11 is 1.61. The molecule has 1 aliphatic rings. The van der Waals surface area contributed by atoms with E-state index in [1.807, 2.05) is 30.3 Å². The standard InChI is InChI=1S/C12H14O3S/c13-11-8-12(14,9-16-7-6-15-11)10-4-2-1-3-5-10/h1-5,14H,6-9H2/t12-/m0/s1. The molecule has 0 aliphatic carbocycles. The number of hydrogen-bond acceptors (Lipinski definition) is 4. The number of benzene rings is 1. The Morgan fingerprint density at radius 1 is 1.31 bits per heavy atom. The van der Waals surface area contributed by atoms with Crippen LogP contribution in [0.2, 0.25) is 0 Å². The average molecular weight is 238 g/mol. The van der Waals surface area contributed by atoms with Crippen LogP contribution in [0.15, 0.2) is 30.3 Å². The molecule has 1 aliphatic heterocycles. The van der Waals surface area contributed by atoms with Gasteiger partial charge in [0, 0.05) is 11.5 Å². The van der Waals surface area contributed by atoms with E-state index in [0.29, 0.717) is 12.4 Å². The monoisotopic (exact) mass is 238 g/mol. The summed E-state index contributed by atoms with van der Waals surface area (Å²) in [6.45, 7) is 0.439. The van der Waals surface area contributed by atoms with Crippen LogP contribution < -0.4 is 0 Å². The molecule has 0 aromatic heterocycles. The molecule has 0 radical (unpaired) electrons. The molecule has 0 bridgehead atoms. The van der Waals surface area contributed by atoms with Crippen LogP contribution in [0.4, 0.5) is 0 Å². The summed E-state index contributed by atoms with van der Waals surface area (Å²) < 4.78 is 4.98. The number of carbonyl (C=O) groups is 1. The number of ether oxygens (including phenoxy) is 1. The number of hydrogen-bond donors (Lipinski definition) is 1. The van der Waals surface area contributed by atoms with Crippen molar-refractivity contribution in [2.24, 2.45) is 0 Å². The van der Waals surface area contributed by atoms with Gasteiger partial charge in [-0.3, -0.25) is 4.79 Å². The highest BCUT2D eigenvalue weighted by atomic mass is 32.2. The molecule has 1 saturated heterocycles. The van der Waals surface area contributed by atoms with Crippen molar-refractivity contribution in [3.05, 3.63) is 35.9 Å². The lowest BCUT2D eigenvalue weighted by molar-refractivity contribution is -0.148. The first-order chi connectivity index (χ1) is 7.71. The zero-order valence-corrected chi connectivity index (χ0v) is 9.70. The maximum atomic E-state index is 11.4. The summed E-state index contributed by atoms with van der Waals surface area (Å²) in [5.41, 5.74) is -0.315. The highest BCUT2D eigenvalue weighted by Crippen LogP contribution is 2.30. The van der Waals surface area contributed by atoms with Crippen LogP contribution in [0.1, 0.15) is 12.0 Å². The summed E-state index contributed by atoms with van der Waals surface area (Å²) in [6, 6.07) is 9.30. The Morgan fingerprint density at radius 3 is 2.81 bits per heavy atom. The first-order valence-corrected chi connectivity index (χ1v) is 6.37. The van der Waals surface area contributed by atoms with Crippen molar-refractivity contribution in [1.82, 2.24) is 0 Å². The SMILES string of the molecule is O=C1C[C@@](O)(c2ccccc2)CSCCO1. The summed E-state index contributed by atoms with van der Waals surface area (Å²) in [6.07, 6.45) is 0.0318. The minimum absolute atomic E-state index is 0.0318. The molecule has 1 fully saturated rings. The van der Waals surface area contributed by atoms with Crippen LogP contribution >= 0.6 is 11.8 Å². The van der Waals surface area contributed by atoms with Crippen molar-refractivity contribution >= 4 is 17.7 Å². The lowest BCUT2D eigenvalue weighted by atomic mass is 9.92. The van der Waals surface area contributed by atoms with Crippen LogP contribution in [0, 0.1) is 0 Å². The Labute approximate surface area is 98.8 Å². The van der Waals surface area contributed by atoms with E-state index >= 15 is 0 Å². The maximum absolute atomic E-state index is 11.4. The topological polar surface area (TPSA) is 46.5 Å². The minimum Gasteiger partial charge on any atom is -0.465 e. The molecule has 1 heterocycles. The highest BCUT2D eigenvalue weighted by molar-refractivity contribution is 7.99. The molecule has 16 heavy (non-hydrogen) atoms. The van der Waals surface area contributed by atoms with Gasteiger partial charge in [0.05, 0.1) is 6.42 Å². The zero-order chi connectivity index (χ0) is 11.4. The molecule has 0 amide bonds. The van der Waals surface area contributed by atoms with Gasteiger partial charge in [-0.2, -0.15) is 11.8 Å². The van der Waals surface area contributed by atoms with Crippen LogP contribution in [-0.2, 0) is 15.1 Å². The fourth-order valence-corrected chi connectivity index (χ4v) is 2.68. The molecule has 1 aromatic rings. The van der Waals surface area contributed by atoms with E-state index in [0.717, 1.165) is 11.3 Å². The predicted octanol–water partition coefficient (Wildman–Crippen LogP) is 1.55. The average Bonchev–Trinajstić information content (AvgIpc) is 2.27. The molecule has 3 nitrogen and oxygen atoms in total. The molecular formula is C12H14O3S. The van der Waals surface area contributed by atoms with Crippen molar-refractivity contribution in [2.45, 2.75) is 12.0 Å². The van der Waals surface area contributed by atoms with E-state index in [1.54, 1.807) is 11.8 Å². The van der Waals surface area contributed by atoms with Gasteiger partial charge in [-0.05, 0) is 5.56 Å². The number of carbonyl (C=O) groups excluding carboxylic acids is 1. The van der Waals surface area contributed by atoms with Gasteiger partial charge in [0.2, 0.25) is 0 Å². The molecular weight excluding hydrogens is 224 g/mol. The molecule has 2 rings (SSSR count). The second-order valence-electron chi connectivity index (χ2n) is 3.85. The third-order valence-electron chi connectivity index (χ3n) is 2.58. The summed E-state index contributed by atoms with van der Waals surface area (Å²) in [7, 11) is 0. The van der Waals surface area contributed by atoms with Gasteiger partial charge in [0.1, 0.15) is 12.2 Å². The fourth-order valence-electron chi connectivity index (χ4n) is 1.73. The minimum atomic E-state index is -1.09. The van der Waals surface area contributed by atoms with Gasteiger partial charge in [0.15, 0.2) is 0 Å². The number of cyclic esters (lactones) is 1. The summed E-state index contributed by atoms with van der Waals surface area (Å²) in [5.74, 6) is 0.944. The first kappa shape index (κ1) is 11.5. The summed E-state index contributed by atoms with van der Waals surface area (Å²) in [4.78, 5) is 11.4. The summed E-state index contributed by atoms with van der Waals surface area (Å²) in [5, 5.41) is 10.5. The Balaban J connectivity index is 2.23. The fraction of sp³-hybridized carbons (Fsp3) is 0.417. The van der Waals surface area contributed by atoms with Crippen LogP contribution in [0.3, 0.4) is 0 Å². The molecule has 0 saturated carbocycles. The van der Waals surface area contributed by atoms with E-state index in [2.05, 4.69) is 0 Å². The van der Waals surface area contributed by atoms with Gasteiger partial charge >= 0.3 is 5.97 Å². The normalized spacial score (nSPS) is 26.7. The lowest BCUT2D eigenvalue weighted by Gasteiger charge is -2.29. The van der Waals surface area contributed by atoms with E-state index in [1.165, 1.54) is 0 Å². The predicted molar refractivity (Wildman–Crippen MR) is 63.2 cm³/mol. The van der Waals surface area contributed by atoms with Gasteiger partial charge in [0.25, 0.3) is 0 Å². The number of thioether (sulfide) groups is 1. The lowest BCUT2D eigenvalue weighted by Crippen LogP contribution is -2.34. The van der Waals surface area contributed by atoms with E-state index in [4.69, 9.17) is 4.74 Å². The van der Waals surface area contributed by atoms with Crippen LogP contribution in [0.5, 0.6) is 0 Å². The van der Waals surface area contributed by atoms with Crippen LogP contribution in [-0.4, -0.2) is 29.2 Å². The second-order valence-corrected chi connectivity index (χ2v) is 4.95. The highest BCUT2D eigenvalue weighted by Gasteiger charge is 2.33. The first-order valence-electron chi connectivity index (χ1n) is 5.22. The number of rotatable bonds is 1. The zero-order valence-electron chi connectivity index (χ0n) is 8.89. The third-order valence-corrected chi connectivity index (χ3v) is 3.72. The Kier molecular flexibility index (Phi) is 3.51. The molecule has 0 unspecified atom stereocenters.